The Kier molecular flexibility index (Phi) is 4.94. The number of thiazole rings is 1. The topological polar surface area (TPSA) is 65.6 Å². The molecular formula is C14H18N2O3S. The third-order valence-corrected chi connectivity index (χ3v) is 3.86. The Morgan fingerprint density at radius 1 is 1.35 bits per heavy atom. The van der Waals surface area contributed by atoms with E-state index < -0.39 is 0 Å². The molecule has 0 amide bonds. The molecule has 2 aromatic rings. The fraction of sp³-hybridized carbons (Fsp3) is 0.357. The molecule has 1 aromatic carbocycles. The number of methoxy groups -OCH3 is 1. The molecule has 20 heavy (non-hydrogen) atoms. The minimum atomic E-state index is -0.0665. The third-order valence-electron chi connectivity index (χ3n) is 3.00. The van der Waals surface area contributed by atoms with Gasteiger partial charge in [-0.15, -0.1) is 0 Å². The van der Waals surface area contributed by atoms with Gasteiger partial charge in [-0.3, -0.25) is 9.69 Å². The highest BCUT2D eigenvalue weighted by molar-refractivity contribution is 7.09. The summed E-state index contributed by atoms with van der Waals surface area (Å²) in [5.74, 6) is 0.783. The molecule has 108 valence electrons. The molecule has 0 saturated heterocycles. The number of hydrogen-bond acceptors (Lipinski definition) is 5. The zero-order valence-electron chi connectivity index (χ0n) is 11.5. The quantitative estimate of drug-likeness (QED) is 0.848. The van der Waals surface area contributed by atoms with Crippen LogP contribution < -0.4 is 9.61 Å². The highest BCUT2D eigenvalue weighted by Crippen LogP contribution is 2.26. The van der Waals surface area contributed by atoms with Crippen molar-refractivity contribution in [2.75, 3.05) is 27.3 Å². The van der Waals surface area contributed by atoms with E-state index in [1.165, 1.54) is 11.3 Å². The van der Waals surface area contributed by atoms with Crippen molar-refractivity contribution in [3.63, 3.8) is 0 Å². The Morgan fingerprint density at radius 3 is 2.65 bits per heavy atom. The fourth-order valence-electron chi connectivity index (χ4n) is 1.96. The molecule has 0 aliphatic carbocycles. The molecule has 1 aromatic heterocycles. The largest absolute Gasteiger partial charge is 0.497 e. The maximum Gasteiger partial charge on any atom is 0.305 e. The highest BCUT2D eigenvalue weighted by atomic mass is 32.1. The van der Waals surface area contributed by atoms with Crippen LogP contribution in [0.15, 0.2) is 29.1 Å². The molecule has 0 fully saturated rings. The number of rotatable bonds is 6. The van der Waals surface area contributed by atoms with Gasteiger partial charge in [0.1, 0.15) is 5.75 Å². The first kappa shape index (κ1) is 14.8. The van der Waals surface area contributed by atoms with Crippen molar-refractivity contribution < 1.29 is 9.84 Å². The summed E-state index contributed by atoms with van der Waals surface area (Å²) < 4.78 is 5.13. The SMILES string of the molecule is COc1ccc(-c2[nH]c(=O)sc2CN(C)CCO)cc1. The van der Waals surface area contributed by atoms with Gasteiger partial charge in [-0.2, -0.15) is 0 Å². The number of nitrogens with one attached hydrogen (secondary N) is 1. The van der Waals surface area contributed by atoms with E-state index in [1.807, 2.05) is 36.2 Å². The van der Waals surface area contributed by atoms with E-state index in [1.54, 1.807) is 7.11 Å². The van der Waals surface area contributed by atoms with Gasteiger partial charge in [-0.25, -0.2) is 0 Å². The Bertz CT molecular complexity index is 604. The summed E-state index contributed by atoms with van der Waals surface area (Å²) >= 11 is 1.21. The number of nitrogens with zero attached hydrogens (tertiary/aromatic N) is 1. The molecule has 0 unspecified atom stereocenters. The number of benzene rings is 1. The van der Waals surface area contributed by atoms with Crippen LogP contribution in [0.25, 0.3) is 11.3 Å². The molecule has 0 aliphatic rings. The number of aliphatic hydroxyl groups excluding tert-OH is 1. The van der Waals surface area contributed by atoms with Crippen LogP contribution in [0.3, 0.4) is 0 Å². The zero-order valence-corrected chi connectivity index (χ0v) is 12.4. The first-order valence-electron chi connectivity index (χ1n) is 6.30. The summed E-state index contributed by atoms with van der Waals surface area (Å²) in [6, 6.07) is 7.58. The van der Waals surface area contributed by atoms with Crippen molar-refractivity contribution in [1.82, 2.24) is 9.88 Å². The van der Waals surface area contributed by atoms with Crippen LogP contribution in [0, 0.1) is 0 Å². The van der Waals surface area contributed by atoms with Gasteiger partial charge in [0.15, 0.2) is 0 Å². The van der Waals surface area contributed by atoms with Gasteiger partial charge in [-0.05, 0) is 36.9 Å². The number of aliphatic hydroxyl groups is 1. The van der Waals surface area contributed by atoms with E-state index in [0.717, 1.165) is 21.9 Å². The summed E-state index contributed by atoms with van der Waals surface area (Å²) in [6.07, 6.45) is 0. The predicted octanol–water partition coefficient (Wildman–Crippen LogP) is 1.54. The first-order chi connectivity index (χ1) is 9.63. The minimum Gasteiger partial charge on any atom is -0.497 e. The number of likely N-dealkylation sites (N-methyl/N-ethyl adjacent to an activating group) is 1. The van der Waals surface area contributed by atoms with Crippen LogP contribution in [0.2, 0.25) is 0 Å². The number of aromatic amines is 1. The zero-order chi connectivity index (χ0) is 14.5. The second kappa shape index (κ2) is 6.69. The molecular weight excluding hydrogens is 276 g/mol. The molecule has 5 nitrogen and oxygen atoms in total. The van der Waals surface area contributed by atoms with Gasteiger partial charge in [0, 0.05) is 18.0 Å². The van der Waals surface area contributed by atoms with Crippen molar-refractivity contribution in [3.8, 4) is 17.0 Å². The summed E-state index contributed by atoms with van der Waals surface area (Å²) in [7, 11) is 3.54. The van der Waals surface area contributed by atoms with Crippen LogP contribution in [0.4, 0.5) is 0 Å². The maximum atomic E-state index is 11.6. The average molecular weight is 294 g/mol. The standard InChI is InChI=1S/C14H18N2O3S/c1-16(7-8-17)9-12-13(15-14(18)20-12)10-3-5-11(19-2)6-4-10/h3-6,17H,7-9H2,1-2H3,(H,15,18). The molecule has 0 radical (unpaired) electrons. The molecule has 0 aliphatic heterocycles. The van der Waals surface area contributed by atoms with Crippen LogP contribution in [-0.2, 0) is 6.54 Å². The van der Waals surface area contributed by atoms with Crippen molar-refractivity contribution in [1.29, 1.82) is 0 Å². The van der Waals surface area contributed by atoms with E-state index in [9.17, 15) is 4.79 Å². The van der Waals surface area contributed by atoms with E-state index in [0.29, 0.717) is 13.1 Å². The lowest BCUT2D eigenvalue weighted by Crippen LogP contribution is -2.21. The smallest absolute Gasteiger partial charge is 0.305 e. The lowest BCUT2D eigenvalue weighted by Gasteiger charge is -2.14. The fourth-order valence-corrected chi connectivity index (χ4v) is 2.89. The van der Waals surface area contributed by atoms with Gasteiger partial charge in [-0.1, -0.05) is 11.3 Å². The van der Waals surface area contributed by atoms with Crippen molar-refractivity contribution in [3.05, 3.63) is 38.8 Å². The lowest BCUT2D eigenvalue weighted by atomic mass is 10.1. The monoisotopic (exact) mass is 294 g/mol. The molecule has 0 bridgehead atoms. The van der Waals surface area contributed by atoms with Crippen LogP contribution >= 0.6 is 11.3 Å². The molecule has 1 heterocycles. The van der Waals surface area contributed by atoms with Crippen LogP contribution in [0.5, 0.6) is 5.75 Å². The molecule has 0 spiro atoms. The van der Waals surface area contributed by atoms with E-state index >= 15 is 0 Å². The predicted molar refractivity (Wildman–Crippen MR) is 80.3 cm³/mol. The summed E-state index contributed by atoms with van der Waals surface area (Å²) in [6.45, 7) is 1.31. The molecule has 0 atom stereocenters. The number of H-pyrrole nitrogens is 1. The van der Waals surface area contributed by atoms with E-state index in [-0.39, 0.29) is 11.5 Å². The van der Waals surface area contributed by atoms with E-state index in [2.05, 4.69) is 4.98 Å². The summed E-state index contributed by atoms with van der Waals surface area (Å²) in [5, 5.41) is 8.94. The van der Waals surface area contributed by atoms with Crippen LogP contribution in [0.1, 0.15) is 4.88 Å². The molecule has 2 rings (SSSR count). The Hall–Kier alpha value is -1.63. The van der Waals surface area contributed by atoms with Crippen LogP contribution in [-0.4, -0.2) is 42.3 Å². The molecule has 6 heteroatoms. The maximum absolute atomic E-state index is 11.6. The minimum absolute atomic E-state index is 0.0665. The lowest BCUT2D eigenvalue weighted by molar-refractivity contribution is 0.218. The van der Waals surface area contributed by atoms with Gasteiger partial charge < -0.3 is 14.8 Å². The summed E-state index contributed by atoms with van der Waals surface area (Å²) in [4.78, 5) is 17.4. The first-order valence-corrected chi connectivity index (χ1v) is 7.11. The molecule has 2 N–H and O–H groups in total. The Labute approximate surface area is 121 Å². The number of ether oxygens (including phenoxy) is 1. The Balaban J connectivity index is 2.28. The average Bonchev–Trinajstić information content (AvgIpc) is 2.80. The second-order valence-corrected chi connectivity index (χ2v) is 5.57. The number of aromatic nitrogens is 1. The highest BCUT2D eigenvalue weighted by Gasteiger charge is 2.12. The van der Waals surface area contributed by atoms with Crippen molar-refractivity contribution in [2.24, 2.45) is 0 Å². The molecule has 0 saturated carbocycles. The van der Waals surface area contributed by atoms with Crippen molar-refractivity contribution in [2.45, 2.75) is 6.54 Å². The van der Waals surface area contributed by atoms with Gasteiger partial charge >= 0.3 is 4.87 Å². The summed E-state index contributed by atoms with van der Waals surface area (Å²) in [5.41, 5.74) is 1.80. The Morgan fingerprint density at radius 2 is 2.05 bits per heavy atom. The van der Waals surface area contributed by atoms with Gasteiger partial charge in [0.25, 0.3) is 0 Å². The van der Waals surface area contributed by atoms with Gasteiger partial charge in [0.05, 0.1) is 19.4 Å². The second-order valence-electron chi connectivity index (χ2n) is 4.50. The number of hydrogen-bond donors (Lipinski definition) is 2. The van der Waals surface area contributed by atoms with Crippen molar-refractivity contribution >= 4 is 11.3 Å². The van der Waals surface area contributed by atoms with Gasteiger partial charge in [0.2, 0.25) is 0 Å². The normalized spacial score (nSPS) is 11.0. The third kappa shape index (κ3) is 3.47. The van der Waals surface area contributed by atoms with E-state index in [4.69, 9.17) is 9.84 Å².